The minimum atomic E-state index is -0.171. The van der Waals surface area contributed by atoms with Gasteiger partial charge in [-0.3, -0.25) is 9.36 Å². The second kappa shape index (κ2) is 6.67. The summed E-state index contributed by atoms with van der Waals surface area (Å²) in [5, 5.41) is 13.1. The predicted molar refractivity (Wildman–Crippen MR) is 100 cm³/mol. The van der Waals surface area contributed by atoms with Crippen molar-refractivity contribution in [1.82, 2.24) is 29.4 Å². The number of aryl methyl sites for hydroxylation is 2. The van der Waals surface area contributed by atoms with Crippen molar-refractivity contribution in [2.45, 2.75) is 39.7 Å². The maximum Gasteiger partial charge on any atom is 0.283 e. The maximum atomic E-state index is 12.7. The van der Waals surface area contributed by atoms with Crippen molar-refractivity contribution in [2.75, 3.05) is 0 Å². The number of hydrogen-bond acceptors (Lipinski definition) is 5. The molecular formula is C19H20N6O. The van der Waals surface area contributed by atoms with Crippen molar-refractivity contribution in [3.05, 3.63) is 52.7 Å². The van der Waals surface area contributed by atoms with Crippen molar-refractivity contribution in [1.29, 1.82) is 0 Å². The lowest BCUT2D eigenvalue weighted by Crippen LogP contribution is -2.23. The monoisotopic (exact) mass is 348 g/mol. The van der Waals surface area contributed by atoms with Gasteiger partial charge in [0.05, 0.1) is 11.3 Å². The molecule has 4 aromatic rings. The van der Waals surface area contributed by atoms with Gasteiger partial charge in [-0.15, -0.1) is 10.2 Å². The quantitative estimate of drug-likeness (QED) is 0.518. The van der Waals surface area contributed by atoms with E-state index in [4.69, 9.17) is 0 Å². The van der Waals surface area contributed by atoms with Gasteiger partial charge in [-0.05, 0) is 18.9 Å². The summed E-state index contributed by atoms with van der Waals surface area (Å²) < 4.78 is 3.23. The molecule has 7 heteroatoms. The third-order valence-corrected chi connectivity index (χ3v) is 4.54. The molecule has 0 saturated carbocycles. The predicted octanol–water partition coefficient (Wildman–Crippen LogP) is 3.00. The van der Waals surface area contributed by atoms with Crippen LogP contribution in [-0.2, 0) is 6.54 Å². The summed E-state index contributed by atoms with van der Waals surface area (Å²) in [6.45, 7) is 4.70. The van der Waals surface area contributed by atoms with E-state index >= 15 is 0 Å². The van der Waals surface area contributed by atoms with Gasteiger partial charge >= 0.3 is 0 Å². The van der Waals surface area contributed by atoms with Gasteiger partial charge in [0.1, 0.15) is 6.33 Å². The number of fused-ring (bicyclic) bond motifs is 3. The van der Waals surface area contributed by atoms with Crippen LogP contribution in [0.25, 0.3) is 27.9 Å². The molecule has 3 heterocycles. The molecule has 0 amide bonds. The fourth-order valence-electron chi connectivity index (χ4n) is 3.20. The Hall–Kier alpha value is -3.09. The van der Waals surface area contributed by atoms with Gasteiger partial charge in [0, 0.05) is 6.54 Å². The van der Waals surface area contributed by atoms with Crippen LogP contribution in [-0.4, -0.2) is 29.4 Å². The molecule has 0 fully saturated rings. The first-order chi connectivity index (χ1) is 12.7. The first kappa shape index (κ1) is 16.4. The first-order valence-corrected chi connectivity index (χ1v) is 8.87. The van der Waals surface area contributed by atoms with Gasteiger partial charge in [0.15, 0.2) is 16.8 Å². The molecule has 0 saturated heterocycles. The molecule has 132 valence electrons. The van der Waals surface area contributed by atoms with Gasteiger partial charge in [-0.1, -0.05) is 50.1 Å². The van der Waals surface area contributed by atoms with Gasteiger partial charge in [-0.2, -0.15) is 9.61 Å². The normalized spacial score (nSPS) is 11.5. The summed E-state index contributed by atoms with van der Waals surface area (Å²) in [5.74, 6) is 0. The zero-order chi connectivity index (χ0) is 18.1. The Morgan fingerprint density at radius 1 is 1.04 bits per heavy atom. The Bertz CT molecular complexity index is 1130. The summed E-state index contributed by atoms with van der Waals surface area (Å²) in [6, 6.07) is 9.93. The van der Waals surface area contributed by atoms with Crippen LogP contribution in [0, 0.1) is 6.92 Å². The summed E-state index contributed by atoms with van der Waals surface area (Å²) >= 11 is 0. The topological polar surface area (TPSA) is 78.0 Å². The smallest absolute Gasteiger partial charge is 0.283 e. The van der Waals surface area contributed by atoms with Crippen molar-refractivity contribution in [2.24, 2.45) is 0 Å². The molecule has 0 unspecified atom stereocenters. The molecule has 26 heavy (non-hydrogen) atoms. The fraction of sp³-hybridized carbons (Fsp3) is 0.316. The standard InChI is InChI=1S/C19H20N6O/c1-3-4-8-11-24-12-20-18-16(19(24)26)21-22-17-15(13(2)23-25(17)18)14-9-6-5-7-10-14/h5-7,9-10,12H,3-4,8,11H2,1-2H3. The van der Waals surface area contributed by atoms with Crippen LogP contribution < -0.4 is 5.56 Å². The summed E-state index contributed by atoms with van der Waals surface area (Å²) in [7, 11) is 0. The van der Waals surface area contributed by atoms with Gasteiger partial charge in [0.2, 0.25) is 0 Å². The van der Waals surface area contributed by atoms with Crippen LogP contribution in [0.15, 0.2) is 41.5 Å². The molecular weight excluding hydrogens is 328 g/mol. The Balaban J connectivity index is 1.89. The van der Waals surface area contributed by atoms with Crippen LogP contribution in [0.1, 0.15) is 31.9 Å². The average Bonchev–Trinajstić information content (AvgIpc) is 3.00. The fourth-order valence-corrected chi connectivity index (χ4v) is 3.20. The van der Waals surface area contributed by atoms with Crippen LogP contribution in [0.5, 0.6) is 0 Å². The second-order valence-electron chi connectivity index (χ2n) is 6.38. The lowest BCUT2D eigenvalue weighted by atomic mass is 10.1. The minimum Gasteiger partial charge on any atom is -0.297 e. The lowest BCUT2D eigenvalue weighted by molar-refractivity contribution is 0.582. The zero-order valence-corrected chi connectivity index (χ0v) is 14.9. The molecule has 0 N–H and O–H groups in total. The molecule has 0 aliphatic carbocycles. The number of hydrogen-bond donors (Lipinski definition) is 0. The number of nitrogens with zero attached hydrogens (tertiary/aromatic N) is 6. The van der Waals surface area contributed by atoms with Crippen LogP contribution in [0.4, 0.5) is 0 Å². The van der Waals surface area contributed by atoms with Crippen molar-refractivity contribution < 1.29 is 0 Å². The van der Waals surface area contributed by atoms with Gasteiger partial charge < -0.3 is 0 Å². The van der Waals surface area contributed by atoms with Crippen LogP contribution in [0.2, 0.25) is 0 Å². The first-order valence-electron chi connectivity index (χ1n) is 8.87. The highest BCUT2D eigenvalue weighted by Crippen LogP contribution is 2.27. The van der Waals surface area contributed by atoms with E-state index in [0.29, 0.717) is 17.8 Å². The Morgan fingerprint density at radius 2 is 1.85 bits per heavy atom. The van der Waals surface area contributed by atoms with Gasteiger partial charge in [0.25, 0.3) is 5.56 Å². The van der Waals surface area contributed by atoms with E-state index in [1.54, 1.807) is 15.4 Å². The third-order valence-electron chi connectivity index (χ3n) is 4.54. The van der Waals surface area contributed by atoms with Crippen LogP contribution in [0.3, 0.4) is 0 Å². The Labute approximate surface area is 150 Å². The number of benzene rings is 1. The molecule has 0 bridgehead atoms. The van der Waals surface area contributed by atoms with E-state index in [0.717, 1.165) is 36.1 Å². The highest BCUT2D eigenvalue weighted by molar-refractivity contribution is 5.83. The molecule has 7 nitrogen and oxygen atoms in total. The van der Waals surface area contributed by atoms with E-state index in [1.807, 2.05) is 37.3 Å². The molecule has 3 aromatic heterocycles. The van der Waals surface area contributed by atoms with E-state index in [-0.39, 0.29) is 11.1 Å². The van der Waals surface area contributed by atoms with E-state index in [9.17, 15) is 4.79 Å². The van der Waals surface area contributed by atoms with Crippen molar-refractivity contribution in [3.8, 4) is 11.1 Å². The van der Waals surface area contributed by atoms with Crippen molar-refractivity contribution >= 4 is 16.8 Å². The minimum absolute atomic E-state index is 0.171. The average molecular weight is 348 g/mol. The maximum absolute atomic E-state index is 12.7. The SMILES string of the molecule is CCCCCn1cnc2c(nnc3c(-c4ccccc4)c(C)nn32)c1=O. The number of rotatable bonds is 5. The van der Waals surface area contributed by atoms with Crippen molar-refractivity contribution in [3.63, 3.8) is 0 Å². The molecule has 0 aliphatic rings. The van der Waals surface area contributed by atoms with E-state index < -0.39 is 0 Å². The molecule has 0 atom stereocenters. The molecule has 0 spiro atoms. The molecule has 4 rings (SSSR count). The number of unbranched alkanes of at least 4 members (excludes halogenated alkanes) is 2. The molecule has 1 aromatic carbocycles. The zero-order valence-electron chi connectivity index (χ0n) is 14.9. The highest BCUT2D eigenvalue weighted by Gasteiger charge is 2.17. The van der Waals surface area contributed by atoms with Gasteiger partial charge in [-0.25, -0.2) is 4.98 Å². The summed E-state index contributed by atoms with van der Waals surface area (Å²) in [4.78, 5) is 17.2. The summed E-state index contributed by atoms with van der Waals surface area (Å²) in [5.41, 5.74) is 3.88. The Morgan fingerprint density at radius 3 is 2.62 bits per heavy atom. The van der Waals surface area contributed by atoms with Crippen LogP contribution >= 0.6 is 0 Å². The van der Waals surface area contributed by atoms with E-state index in [1.165, 1.54) is 0 Å². The lowest BCUT2D eigenvalue weighted by Gasteiger charge is -2.06. The molecule has 0 aliphatic heterocycles. The second-order valence-corrected chi connectivity index (χ2v) is 6.38. The van der Waals surface area contributed by atoms with E-state index in [2.05, 4.69) is 27.2 Å². The largest absolute Gasteiger partial charge is 0.297 e. The molecule has 0 radical (unpaired) electrons. The summed E-state index contributed by atoms with van der Waals surface area (Å²) in [6.07, 6.45) is 4.71. The number of aromatic nitrogens is 6. The highest BCUT2D eigenvalue weighted by atomic mass is 16.1. The third kappa shape index (κ3) is 2.65. The Kier molecular flexibility index (Phi) is 4.20.